The van der Waals surface area contributed by atoms with Gasteiger partial charge < -0.3 is 0 Å². The van der Waals surface area contributed by atoms with E-state index in [1.807, 2.05) is 13.8 Å². The Morgan fingerprint density at radius 2 is 2.00 bits per heavy atom. The van der Waals surface area contributed by atoms with Crippen molar-refractivity contribution in [1.82, 2.24) is 25.1 Å². The number of aromatic nitrogens is 4. The van der Waals surface area contributed by atoms with Crippen molar-refractivity contribution < 1.29 is 9.59 Å². The third-order valence-corrected chi connectivity index (χ3v) is 5.63. The maximum atomic E-state index is 13.0. The van der Waals surface area contributed by atoms with Crippen LogP contribution in [0, 0.1) is 0 Å². The molecule has 1 fully saturated rings. The number of rotatable bonds is 4. The number of likely N-dealkylation sites (tertiary alicyclic amines) is 1. The molecule has 1 aliphatic heterocycles. The molecule has 1 atom stereocenters. The summed E-state index contributed by atoms with van der Waals surface area (Å²) < 4.78 is 1.69. The summed E-state index contributed by atoms with van der Waals surface area (Å²) in [4.78, 5) is 27.2. The molecule has 2 aromatic rings. The normalized spacial score (nSPS) is 18.2. The van der Waals surface area contributed by atoms with Gasteiger partial charge >= 0.3 is 0 Å². The number of carbonyl (C=O) groups is 2. The largest absolute Gasteiger partial charge is 0.278 e. The zero-order valence-electron chi connectivity index (χ0n) is 14.6. The van der Waals surface area contributed by atoms with Gasteiger partial charge in [-0.3, -0.25) is 14.5 Å². The van der Waals surface area contributed by atoms with Crippen molar-refractivity contribution in [2.75, 3.05) is 6.54 Å². The standard InChI is InChI=1S/C17H20ClN5O2S/c1-11(2)23-17(19-20-21-23)26-14-5-3-4-10-22(16(14)25)15(24)12-6-8-13(18)9-7-12/h6-9,11,14H,3-5,10H2,1-2H3/t14-/m1/s1. The molecule has 9 heteroatoms. The van der Waals surface area contributed by atoms with Crippen LogP contribution in [-0.4, -0.2) is 48.7 Å². The summed E-state index contributed by atoms with van der Waals surface area (Å²) in [6.45, 7) is 4.38. The molecule has 0 spiro atoms. The summed E-state index contributed by atoms with van der Waals surface area (Å²) in [5.41, 5.74) is 0.459. The van der Waals surface area contributed by atoms with E-state index < -0.39 is 0 Å². The van der Waals surface area contributed by atoms with Gasteiger partial charge in [-0.15, -0.1) is 5.10 Å². The molecule has 1 saturated heterocycles. The van der Waals surface area contributed by atoms with Crippen LogP contribution in [0.3, 0.4) is 0 Å². The number of benzene rings is 1. The first-order chi connectivity index (χ1) is 12.5. The molecule has 0 N–H and O–H groups in total. The van der Waals surface area contributed by atoms with Crippen LogP contribution in [0.15, 0.2) is 29.4 Å². The number of nitrogens with zero attached hydrogens (tertiary/aromatic N) is 5. The third kappa shape index (κ3) is 4.07. The number of halogens is 1. The molecule has 138 valence electrons. The fraction of sp³-hybridized carbons (Fsp3) is 0.471. The monoisotopic (exact) mass is 393 g/mol. The van der Waals surface area contributed by atoms with Crippen molar-refractivity contribution in [2.45, 2.75) is 49.6 Å². The van der Waals surface area contributed by atoms with E-state index in [4.69, 9.17) is 11.6 Å². The third-order valence-electron chi connectivity index (χ3n) is 4.18. The Morgan fingerprint density at radius 1 is 1.27 bits per heavy atom. The zero-order valence-corrected chi connectivity index (χ0v) is 16.2. The van der Waals surface area contributed by atoms with Crippen molar-refractivity contribution in [3.8, 4) is 0 Å². The highest BCUT2D eigenvalue weighted by atomic mass is 35.5. The summed E-state index contributed by atoms with van der Waals surface area (Å²) in [6, 6.07) is 6.69. The van der Waals surface area contributed by atoms with Crippen molar-refractivity contribution >= 4 is 35.2 Å². The highest BCUT2D eigenvalue weighted by molar-refractivity contribution is 8.00. The Balaban J connectivity index is 1.80. The lowest BCUT2D eigenvalue weighted by atomic mass is 10.2. The number of hydrogen-bond donors (Lipinski definition) is 0. The smallest absolute Gasteiger partial charge is 0.260 e. The summed E-state index contributed by atoms with van der Waals surface area (Å²) >= 11 is 7.21. The Morgan fingerprint density at radius 3 is 2.69 bits per heavy atom. The molecule has 7 nitrogen and oxygen atoms in total. The minimum absolute atomic E-state index is 0.0974. The Kier molecular flexibility index (Phi) is 5.93. The van der Waals surface area contributed by atoms with E-state index in [2.05, 4.69) is 15.5 Å². The van der Waals surface area contributed by atoms with Crippen LogP contribution in [0.2, 0.25) is 5.02 Å². The first kappa shape index (κ1) is 18.8. The maximum absolute atomic E-state index is 13.0. The molecule has 3 rings (SSSR count). The highest BCUT2D eigenvalue weighted by Crippen LogP contribution is 2.30. The Hall–Kier alpha value is -1.93. The van der Waals surface area contributed by atoms with Gasteiger partial charge in [0.1, 0.15) is 0 Å². The molecule has 0 unspecified atom stereocenters. The van der Waals surface area contributed by atoms with E-state index in [0.29, 0.717) is 28.7 Å². The molecular weight excluding hydrogens is 374 g/mol. The Labute approximate surface area is 161 Å². The molecule has 2 heterocycles. The van der Waals surface area contributed by atoms with Crippen LogP contribution >= 0.6 is 23.4 Å². The molecule has 1 aromatic carbocycles. The molecule has 0 aliphatic carbocycles. The van der Waals surface area contributed by atoms with Gasteiger partial charge in [0, 0.05) is 17.1 Å². The lowest BCUT2D eigenvalue weighted by molar-refractivity contribution is -0.127. The average molecular weight is 394 g/mol. The molecule has 0 bridgehead atoms. The topological polar surface area (TPSA) is 81.0 Å². The van der Waals surface area contributed by atoms with Crippen LogP contribution < -0.4 is 0 Å². The molecule has 0 saturated carbocycles. The average Bonchev–Trinajstić information content (AvgIpc) is 3.01. The van der Waals surface area contributed by atoms with Gasteiger partial charge in [-0.1, -0.05) is 29.8 Å². The summed E-state index contributed by atoms with van der Waals surface area (Å²) in [5.74, 6) is -0.478. The molecule has 1 aromatic heterocycles. The van der Waals surface area contributed by atoms with Crippen molar-refractivity contribution in [3.63, 3.8) is 0 Å². The lowest BCUT2D eigenvalue weighted by Crippen LogP contribution is -2.41. The van der Waals surface area contributed by atoms with E-state index in [9.17, 15) is 9.59 Å². The van der Waals surface area contributed by atoms with Crippen LogP contribution in [0.25, 0.3) is 0 Å². The second kappa shape index (κ2) is 8.18. The first-order valence-electron chi connectivity index (χ1n) is 8.53. The predicted octanol–water partition coefficient (Wildman–Crippen LogP) is 3.22. The summed E-state index contributed by atoms with van der Waals surface area (Å²) in [5, 5.41) is 12.5. The highest BCUT2D eigenvalue weighted by Gasteiger charge is 2.33. The fourth-order valence-corrected chi connectivity index (χ4v) is 4.11. The van der Waals surface area contributed by atoms with Crippen LogP contribution in [0.5, 0.6) is 0 Å². The van der Waals surface area contributed by atoms with E-state index in [-0.39, 0.29) is 23.1 Å². The number of hydrogen-bond acceptors (Lipinski definition) is 6. The van der Waals surface area contributed by atoms with Gasteiger partial charge in [0.2, 0.25) is 11.1 Å². The van der Waals surface area contributed by atoms with Gasteiger partial charge in [-0.2, -0.15) is 0 Å². The summed E-state index contributed by atoms with van der Waals surface area (Å²) in [7, 11) is 0. The zero-order chi connectivity index (χ0) is 18.7. The number of tetrazole rings is 1. The quantitative estimate of drug-likeness (QED) is 0.742. The van der Waals surface area contributed by atoms with E-state index in [1.165, 1.54) is 16.7 Å². The summed E-state index contributed by atoms with van der Waals surface area (Å²) in [6.07, 6.45) is 2.35. The van der Waals surface area contributed by atoms with Gasteiger partial charge in [0.05, 0.1) is 11.3 Å². The first-order valence-corrected chi connectivity index (χ1v) is 9.79. The van der Waals surface area contributed by atoms with Crippen molar-refractivity contribution in [2.24, 2.45) is 0 Å². The molecule has 1 aliphatic rings. The number of amides is 2. The molecular formula is C17H20ClN5O2S. The molecule has 0 radical (unpaired) electrons. The maximum Gasteiger partial charge on any atom is 0.260 e. The van der Waals surface area contributed by atoms with Gasteiger partial charge in [0.25, 0.3) is 5.91 Å². The minimum atomic E-state index is -0.378. The van der Waals surface area contributed by atoms with E-state index in [1.54, 1.807) is 28.9 Å². The Bertz CT molecular complexity index is 793. The second-order valence-corrected chi connectivity index (χ2v) is 8.01. The van der Waals surface area contributed by atoms with Crippen LogP contribution in [-0.2, 0) is 4.79 Å². The molecule has 2 amide bonds. The van der Waals surface area contributed by atoms with Crippen LogP contribution in [0.4, 0.5) is 0 Å². The number of thioether (sulfide) groups is 1. The second-order valence-electron chi connectivity index (χ2n) is 6.40. The van der Waals surface area contributed by atoms with Crippen LogP contribution in [0.1, 0.15) is 49.5 Å². The SMILES string of the molecule is CC(C)n1nnnc1S[C@@H]1CCCCN(C(=O)c2ccc(Cl)cc2)C1=O. The molecule has 26 heavy (non-hydrogen) atoms. The van der Waals surface area contributed by atoms with Gasteiger partial charge in [-0.25, -0.2) is 4.68 Å². The van der Waals surface area contributed by atoms with E-state index >= 15 is 0 Å². The number of carbonyl (C=O) groups excluding carboxylic acids is 2. The van der Waals surface area contributed by atoms with Crippen molar-refractivity contribution in [3.05, 3.63) is 34.9 Å². The minimum Gasteiger partial charge on any atom is -0.278 e. The fourth-order valence-electron chi connectivity index (χ4n) is 2.78. The van der Waals surface area contributed by atoms with Crippen molar-refractivity contribution in [1.29, 1.82) is 0 Å². The van der Waals surface area contributed by atoms with Gasteiger partial charge in [-0.05, 0) is 61.4 Å². The van der Waals surface area contributed by atoms with E-state index in [0.717, 1.165) is 12.8 Å². The lowest BCUT2D eigenvalue weighted by Gasteiger charge is -2.22. The van der Waals surface area contributed by atoms with Gasteiger partial charge in [0.15, 0.2) is 0 Å². The number of imide groups is 1. The predicted molar refractivity (Wildman–Crippen MR) is 99.2 cm³/mol.